The number of hydrogen-bond acceptors (Lipinski definition) is 9. The van der Waals surface area contributed by atoms with Gasteiger partial charge >= 0.3 is 0 Å². The second-order valence-corrected chi connectivity index (χ2v) is 15.7. The van der Waals surface area contributed by atoms with Gasteiger partial charge in [-0.15, -0.1) is 11.3 Å². The van der Waals surface area contributed by atoms with Crippen molar-refractivity contribution >= 4 is 44.9 Å². The summed E-state index contributed by atoms with van der Waals surface area (Å²) in [5, 5.41) is 10.6. The van der Waals surface area contributed by atoms with Crippen LogP contribution in [0.1, 0.15) is 86.9 Å². The highest BCUT2D eigenvalue weighted by molar-refractivity contribution is 7.18. The fraction of sp³-hybridized carbons (Fsp3) is 0.575. The number of amides is 2. The van der Waals surface area contributed by atoms with Gasteiger partial charge in [0.2, 0.25) is 11.8 Å². The first-order valence-electron chi connectivity index (χ1n) is 18.8. The minimum atomic E-state index is -0.772. The van der Waals surface area contributed by atoms with E-state index in [9.17, 15) is 19.2 Å². The third-order valence-corrected chi connectivity index (χ3v) is 11.8. The fourth-order valence-electron chi connectivity index (χ4n) is 7.79. The quantitative estimate of drug-likeness (QED) is 0.184. The van der Waals surface area contributed by atoms with Crippen LogP contribution in [0.2, 0.25) is 0 Å². The van der Waals surface area contributed by atoms with Crippen molar-refractivity contribution in [3.05, 3.63) is 58.6 Å². The number of fused-ring (bicyclic) bond motifs is 2. The van der Waals surface area contributed by atoms with Crippen molar-refractivity contribution in [2.45, 2.75) is 90.1 Å². The van der Waals surface area contributed by atoms with Crippen LogP contribution >= 0.6 is 11.3 Å². The highest BCUT2D eigenvalue weighted by atomic mass is 32.1. The number of Topliss-reactive ketones (excluding diaryl/α,β-unsaturated/α-hetero) is 2. The number of hydrogen-bond donors (Lipinski definition) is 3. The predicted molar refractivity (Wildman–Crippen MR) is 198 cm³/mol. The lowest BCUT2D eigenvalue weighted by Crippen LogP contribution is -2.51. The molecule has 0 spiro atoms. The number of nitrogens with one attached hydrogen (secondary N) is 3. The molecule has 51 heavy (non-hydrogen) atoms. The summed E-state index contributed by atoms with van der Waals surface area (Å²) in [6.07, 6.45) is 5.22. The summed E-state index contributed by atoms with van der Waals surface area (Å²) in [7, 11) is 0. The summed E-state index contributed by atoms with van der Waals surface area (Å²) < 4.78 is 12.5. The number of thiazole rings is 1. The molecule has 2 saturated heterocycles. The SMILES string of the molecule is CCC(=O)C[C@@H](Cc1nc2ccc(C)cc2s1)C(=O)N[C@H](C(=O)C[C@@H](CC1CCNCC1)C(=O)N[C@@H]1CCOc2ccccc21)C1CCOCC1. The Kier molecular flexibility index (Phi) is 12.9. The van der Waals surface area contributed by atoms with Gasteiger partial charge in [-0.2, -0.15) is 0 Å². The zero-order valence-corrected chi connectivity index (χ0v) is 30.7. The number of para-hydroxylation sites is 1. The van der Waals surface area contributed by atoms with Gasteiger partial charge in [0.05, 0.1) is 39.8 Å². The summed E-state index contributed by atoms with van der Waals surface area (Å²) in [6, 6.07) is 12.9. The topological polar surface area (TPSA) is 136 Å². The summed E-state index contributed by atoms with van der Waals surface area (Å²) in [5.74, 6) is -0.770. The molecule has 10 nitrogen and oxygen atoms in total. The molecule has 2 aromatic carbocycles. The van der Waals surface area contributed by atoms with Gasteiger partial charge in [0, 0.05) is 56.8 Å². The molecule has 274 valence electrons. The van der Waals surface area contributed by atoms with Gasteiger partial charge in [-0.3, -0.25) is 19.2 Å². The van der Waals surface area contributed by atoms with Crippen molar-refractivity contribution in [3.8, 4) is 5.75 Å². The monoisotopic (exact) mass is 716 g/mol. The van der Waals surface area contributed by atoms with E-state index in [0.717, 1.165) is 58.0 Å². The van der Waals surface area contributed by atoms with E-state index in [1.165, 1.54) is 0 Å². The maximum Gasteiger partial charge on any atom is 0.224 e. The normalized spacial score (nSPS) is 20.1. The van der Waals surface area contributed by atoms with Crippen molar-refractivity contribution < 1.29 is 28.7 Å². The lowest BCUT2D eigenvalue weighted by atomic mass is 9.81. The molecule has 0 saturated carbocycles. The largest absolute Gasteiger partial charge is 0.493 e. The Morgan fingerprint density at radius 1 is 0.941 bits per heavy atom. The number of aromatic nitrogens is 1. The van der Waals surface area contributed by atoms with E-state index >= 15 is 0 Å². The number of aryl methyl sites for hydroxylation is 1. The van der Waals surface area contributed by atoms with Crippen molar-refractivity contribution in [1.82, 2.24) is 20.9 Å². The Bertz CT molecular complexity index is 1680. The molecule has 4 atom stereocenters. The standard InChI is InChI=1S/C40H52N4O6S/c1-3-30(45)22-29(24-37-42-33-9-8-25(2)20-36(33)51-37)40(48)44-38(27-12-17-49-18-13-27)34(46)23-28(21-26-10-15-41-16-11-26)39(47)43-32-14-19-50-35-7-5-4-6-31(32)35/h4-9,20,26-29,32,38,41H,3,10-19,21-24H2,1-2H3,(H,43,47)(H,44,48)/t28-,29+,32-,38+/m1/s1. The van der Waals surface area contributed by atoms with E-state index in [4.69, 9.17) is 14.5 Å². The van der Waals surface area contributed by atoms with Gasteiger partial charge in [-0.05, 0) is 87.7 Å². The maximum atomic E-state index is 14.5. The second kappa shape index (κ2) is 17.7. The molecular formula is C40H52N4O6S. The minimum Gasteiger partial charge on any atom is -0.493 e. The molecular weight excluding hydrogens is 665 g/mol. The number of rotatable bonds is 15. The molecule has 0 radical (unpaired) electrons. The van der Waals surface area contributed by atoms with Crippen LogP contribution in [0, 0.1) is 30.6 Å². The molecule has 2 fully saturated rings. The maximum absolute atomic E-state index is 14.5. The Labute approximate surface area is 304 Å². The van der Waals surface area contributed by atoms with E-state index in [1.54, 1.807) is 18.3 Å². The second-order valence-electron chi connectivity index (χ2n) is 14.5. The zero-order valence-electron chi connectivity index (χ0n) is 29.9. The number of carbonyl (C=O) groups excluding carboxylic acids is 4. The number of benzene rings is 2. The first-order valence-corrected chi connectivity index (χ1v) is 19.6. The van der Waals surface area contributed by atoms with Gasteiger partial charge in [0.1, 0.15) is 11.5 Å². The van der Waals surface area contributed by atoms with Crippen LogP contribution < -0.4 is 20.7 Å². The van der Waals surface area contributed by atoms with Crippen molar-refractivity contribution in [2.75, 3.05) is 32.9 Å². The molecule has 0 unspecified atom stereocenters. The summed E-state index contributed by atoms with van der Waals surface area (Å²) >= 11 is 1.54. The van der Waals surface area contributed by atoms with Gasteiger partial charge in [-0.1, -0.05) is 31.2 Å². The van der Waals surface area contributed by atoms with Crippen molar-refractivity contribution in [2.24, 2.45) is 23.7 Å². The molecule has 0 bridgehead atoms. The highest BCUT2D eigenvalue weighted by Crippen LogP contribution is 2.34. The summed E-state index contributed by atoms with van der Waals surface area (Å²) in [6.45, 7) is 7.16. The zero-order chi connectivity index (χ0) is 35.7. The molecule has 4 heterocycles. The lowest BCUT2D eigenvalue weighted by molar-refractivity contribution is -0.136. The molecule has 2 amide bonds. The van der Waals surface area contributed by atoms with Crippen LogP contribution in [-0.2, 0) is 30.3 Å². The first kappa shape index (κ1) is 37.1. The van der Waals surface area contributed by atoms with Crippen LogP contribution in [-0.4, -0.2) is 67.3 Å². The molecule has 3 aliphatic heterocycles. The van der Waals surface area contributed by atoms with Crippen molar-refractivity contribution in [1.29, 1.82) is 0 Å². The third kappa shape index (κ3) is 9.81. The Morgan fingerprint density at radius 2 is 1.73 bits per heavy atom. The molecule has 3 N–H and O–H groups in total. The van der Waals surface area contributed by atoms with E-state index in [1.807, 2.05) is 43.3 Å². The molecule has 3 aliphatic rings. The molecule has 0 aliphatic carbocycles. The van der Waals surface area contributed by atoms with E-state index < -0.39 is 17.9 Å². The average Bonchev–Trinajstić information content (AvgIpc) is 3.55. The molecule has 11 heteroatoms. The number of carbonyl (C=O) groups is 4. The lowest BCUT2D eigenvalue weighted by Gasteiger charge is -2.33. The van der Waals surface area contributed by atoms with Crippen LogP contribution in [0.4, 0.5) is 0 Å². The predicted octanol–water partition coefficient (Wildman–Crippen LogP) is 5.65. The van der Waals surface area contributed by atoms with Crippen LogP contribution in [0.25, 0.3) is 10.2 Å². The highest BCUT2D eigenvalue weighted by Gasteiger charge is 2.37. The Morgan fingerprint density at radius 3 is 2.51 bits per heavy atom. The molecule has 1 aromatic heterocycles. The molecule has 3 aromatic rings. The van der Waals surface area contributed by atoms with Gasteiger partial charge in [0.25, 0.3) is 0 Å². The average molecular weight is 717 g/mol. The van der Waals surface area contributed by atoms with E-state index in [-0.39, 0.29) is 48.2 Å². The molecule has 6 rings (SSSR count). The summed E-state index contributed by atoms with van der Waals surface area (Å²) in [4.78, 5) is 60.3. The summed E-state index contributed by atoms with van der Waals surface area (Å²) in [5.41, 5.74) is 2.96. The Balaban J connectivity index is 1.21. The van der Waals surface area contributed by atoms with Crippen LogP contribution in [0.5, 0.6) is 5.75 Å². The van der Waals surface area contributed by atoms with Crippen molar-refractivity contribution in [3.63, 3.8) is 0 Å². The van der Waals surface area contributed by atoms with Gasteiger partial charge in [0.15, 0.2) is 5.78 Å². The van der Waals surface area contributed by atoms with Crippen LogP contribution in [0.3, 0.4) is 0 Å². The van der Waals surface area contributed by atoms with Gasteiger partial charge < -0.3 is 25.4 Å². The number of piperidine rings is 1. The third-order valence-electron chi connectivity index (χ3n) is 10.8. The Hall–Kier alpha value is -3.67. The number of ketones is 2. The minimum absolute atomic E-state index is 0.00515. The fourth-order valence-corrected chi connectivity index (χ4v) is 8.94. The number of ether oxygens (including phenoxy) is 2. The van der Waals surface area contributed by atoms with Gasteiger partial charge in [-0.25, -0.2) is 4.98 Å². The van der Waals surface area contributed by atoms with E-state index in [0.29, 0.717) is 64.3 Å². The van der Waals surface area contributed by atoms with E-state index in [2.05, 4.69) is 22.0 Å². The first-order chi connectivity index (χ1) is 24.8. The van der Waals surface area contributed by atoms with Crippen LogP contribution in [0.15, 0.2) is 42.5 Å². The smallest absolute Gasteiger partial charge is 0.224 e. The number of nitrogens with zero attached hydrogens (tertiary/aromatic N) is 1.